The molecule has 0 aromatic carbocycles. The summed E-state index contributed by atoms with van der Waals surface area (Å²) in [4.78, 5) is 16.3. The Balaban J connectivity index is 2.19. The van der Waals surface area contributed by atoms with E-state index in [1.165, 1.54) is 0 Å². The molecule has 1 saturated heterocycles. The van der Waals surface area contributed by atoms with Crippen LogP contribution in [0.3, 0.4) is 0 Å². The smallest absolute Gasteiger partial charge is 0.222 e. The average molecular weight is 257 g/mol. The Morgan fingerprint density at radius 1 is 1.33 bits per heavy atom. The standard InChI is InChI=1S/C13H27N3O2/c1-12(18-2)4-5-13(17)16-10-8-15(9-11-16)7-3-6-14/h12H,3-11,14H2,1-2H3. The van der Waals surface area contributed by atoms with Crippen molar-refractivity contribution in [2.45, 2.75) is 32.3 Å². The molecule has 18 heavy (non-hydrogen) atoms. The number of carbonyl (C=O) groups is 1. The van der Waals surface area contributed by atoms with Gasteiger partial charge in [0.2, 0.25) is 5.91 Å². The number of rotatable bonds is 7. The van der Waals surface area contributed by atoms with Crippen molar-refractivity contribution in [3.63, 3.8) is 0 Å². The van der Waals surface area contributed by atoms with Gasteiger partial charge in [-0.25, -0.2) is 0 Å². The van der Waals surface area contributed by atoms with Crippen molar-refractivity contribution in [1.29, 1.82) is 0 Å². The Morgan fingerprint density at radius 3 is 2.56 bits per heavy atom. The van der Waals surface area contributed by atoms with Gasteiger partial charge in [0.15, 0.2) is 0 Å². The molecule has 0 aliphatic carbocycles. The molecule has 106 valence electrons. The van der Waals surface area contributed by atoms with Crippen LogP contribution in [-0.4, -0.2) is 68.2 Å². The molecule has 1 heterocycles. The summed E-state index contributed by atoms with van der Waals surface area (Å²) in [6, 6.07) is 0. The zero-order chi connectivity index (χ0) is 13.4. The summed E-state index contributed by atoms with van der Waals surface area (Å²) in [5.74, 6) is 0.261. The van der Waals surface area contributed by atoms with E-state index in [1.54, 1.807) is 7.11 Å². The van der Waals surface area contributed by atoms with Crippen molar-refractivity contribution in [3.8, 4) is 0 Å². The summed E-state index contributed by atoms with van der Waals surface area (Å²) < 4.78 is 5.16. The van der Waals surface area contributed by atoms with Gasteiger partial charge in [-0.1, -0.05) is 0 Å². The lowest BCUT2D eigenvalue weighted by Crippen LogP contribution is -2.49. The highest BCUT2D eigenvalue weighted by molar-refractivity contribution is 5.76. The Bertz CT molecular complexity index is 240. The maximum Gasteiger partial charge on any atom is 0.222 e. The molecule has 5 nitrogen and oxygen atoms in total. The third kappa shape index (κ3) is 5.33. The third-order valence-corrected chi connectivity index (χ3v) is 3.57. The molecule has 1 fully saturated rings. The first kappa shape index (κ1) is 15.4. The predicted octanol–water partition coefficient (Wildman–Crippen LogP) is 0.295. The normalized spacial score (nSPS) is 18.9. The minimum atomic E-state index is 0.166. The van der Waals surface area contributed by atoms with Crippen molar-refractivity contribution in [2.24, 2.45) is 5.73 Å². The van der Waals surface area contributed by atoms with Crippen LogP contribution in [0.15, 0.2) is 0 Å². The lowest BCUT2D eigenvalue weighted by molar-refractivity contribution is -0.133. The Morgan fingerprint density at radius 2 is 2.00 bits per heavy atom. The monoisotopic (exact) mass is 257 g/mol. The fourth-order valence-corrected chi connectivity index (χ4v) is 2.14. The first-order valence-electron chi connectivity index (χ1n) is 6.90. The second-order valence-electron chi connectivity index (χ2n) is 4.95. The molecule has 1 aliphatic heterocycles. The van der Waals surface area contributed by atoms with E-state index in [4.69, 9.17) is 10.5 Å². The fourth-order valence-electron chi connectivity index (χ4n) is 2.14. The zero-order valence-corrected chi connectivity index (χ0v) is 11.7. The number of carbonyl (C=O) groups excluding carboxylic acids is 1. The van der Waals surface area contributed by atoms with Crippen LogP contribution in [0.2, 0.25) is 0 Å². The minimum Gasteiger partial charge on any atom is -0.382 e. The van der Waals surface area contributed by atoms with Crippen LogP contribution in [0.1, 0.15) is 26.2 Å². The topological polar surface area (TPSA) is 58.8 Å². The Labute approximate surface area is 110 Å². The second kappa shape index (κ2) is 8.45. The summed E-state index contributed by atoms with van der Waals surface area (Å²) in [7, 11) is 1.69. The van der Waals surface area contributed by atoms with E-state index in [0.29, 0.717) is 6.42 Å². The van der Waals surface area contributed by atoms with Crippen LogP contribution in [-0.2, 0) is 9.53 Å². The molecule has 1 unspecified atom stereocenters. The van der Waals surface area contributed by atoms with Crippen molar-refractivity contribution in [1.82, 2.24) is 9.80 Å². The number of nitrogens with zero attached hydrogens (tertiary/aromatic N) is 2. The number of nitrogens with two attached hydrogens (primary N) is 1. The van der Waals surface area contributed by atoms with Crippen molar-refractivity contribution >= 4 is 5.91 Å². The largest absolute Gasteiger partial charge is 0.382 e. The van der Waals surface area contributed by atoms with Crippen LogP contribution in [0.25, 0.3) is 0 Å². The molecule has 2 N–H and O–H groups in total. The van der Waals surface area contributed by atoms with Gasteiger partial charge < -0.3 is 15.4 Å². The van der Waals surface area contributed by atoms with Gasteiger partial charge >= 0.3 is 0 Å². The SMILES string of the molecule is COC(C)CCC(=O)N1CCN(CCCN)CC1. The molecule has 1 aliphatic rings. The lowest BCUT2D eigenvalue weighted by Gasteiger charge is -2.34. The quantitative estimate of drug-likeness (QED) is 0.712. The van der Waals surface area contributed by atoms with Crippen LogP contribution in [0, 0.1) is 0 Å². The number of amides is 1. The Hall–Kier alpha value is -0.650. The molecular weight excluding hydrogens is 230 g/mol. The minimum absolute atomic E-state index is 0.166. The first-order chi connectivity index (χ1) is 8.67. The number of methoxy groups -OCH3 is 1. The van der Waals surface area contributed by atoms with Crippen LogP contribution >= 0.6 is 0 Å². The van der Waals surface area contributed by atoms with Gasteiger partial charge in [-0.2, -0.15) is 0 Å². The van der Waals surface area contributed by atoms with E-state index in [1.807, 2.05) is 11.8 Å². The second-order valence-corrected chi connectivity index (χ2v) is 4.95. The van der Waals surface area contributed by atoms with Gasteiger partial charge in [0.05, 0.1) is 6.10 Å². The van der Waals surface area contributed by atoms with Gasteiger partial charge in [0, 0.05) is 39.7 Å². The van der Waals surface area contributed by atoms with Crippen LogP contribution in [0.5, 0.6) is 0 Å². The molecule has 0 aromatic rings. The van der Waals surface area contributed by atoms with Crippen molar-refractivity contribution < 1.29 is 9.53 Å². The highest BCUT2D eigenvalue weighted by Gasteiger charge is 2.20. The maximum atomic E-state index is 12.0. The summed E-state index contributed by atoms with van der Waals surface area (Å²) in [6.45, 7) is 7.46. The van der Waals surface area contributed by atoms with E-state index >= 15 is 0 Å². The molecule has 0 radical (unpaired) electrons. The molecule has 1 amide bonds. The van der Waals surface area contributed by atoms with Gasteiger partial charge in [-0.3, -0.25) is 9.69 Å². The number of ether oxygens (including phenoxy) is 1. The molecule has 0 spiro atoms. The first-order valence-corrected chi connectivity index (χ1v) is 6.90. The third-order valence-electron chi connectivity index (χ3n) is 3.57. The van der Waals surface area contributed by atoms with Crippen LogP contribution < -0.4 is 5.73 Å². The summed E-state index contributed by atoms with van der Waals surface area (Å²) in [5.41, 5.74) is 5.50. The van der Waals surface area contributed by atoms with Crippen molar-refractivity contribution in [3.05, 3.63) is 0 Å². The lowest BCUT2D eigenvalue weighted by atomic mass is 10.2. The zero-order valence-electron chi connectivity index (χ0n) is 11.7. The number of piperazine rings is 1. The highest BCUT2D eigenvalue weighted by Crippen LogP contribution is 2.07. The molecule has 0 bridgehead atoms. The van der Waals surface area contributed by atoms with E-state index in [2.05, 4.69) is 4.90 Å². The van der Waals surface area contributed by atoms with Crippen molar-refractivity contribution in [2.75, 3.05) is 46.4 Å². The summed E-state index contributed by atoms with van der Waals surface area (Å²) >= 11 is 0. The van der Waals surface area contributed by atoms with E-state index in [-0.39, 0.29) is 12.0 Å². The van der Waals surface area contributed by atoms with E-state index in [9.17, 15) is 4.79 Å². The van der Waals surface area contributed by atoms with Crippen LogP contribution in [0.4, 0.5) is 0 Å². The molecule has 5 heteroatoms. The molecular formula is C13H27N3O2. The molecule has 0 saturated carbocycles. The molecule has 1 atom stereocenters. The van der Waals surface area contributed by atoms with E-state index in [0.717, 1.165) is 52.1 Å². The van der Waals surface area contributed by atoms with Gasteiger partial charge in [0.1, 0.15) is 0 Å². The summed E-state index contributed by atoms with van der Waals surface area (Å²) in [5, 5.41) is 0. The molecule has 0 aromatic heterocycles. The van der Waals surface area contributed by atoms with Gasteiger partial charge in [0.25, 0.3) is 0 Å². The Kier molecular flexibility index (Phi) is 7.23. The fraction of sp³-hybridized carbons (Fsp3) is 0.923. The molecule has 1 rings (SSSR count). The van der Waals surface area contributed by atoms with Gasteiger partial charge in [-0.05, 0) is 32.9 Å². The van der Waals surface area contributed by atoms with E-state index < -0.39 is 0 Å². The maximum absolute atomic E-state index is 12.0. The average Bonchev–Trinajstić information content (AvgIpc) is 2.42. The predicted molar refractivity (Wildman–Crippen MR) is 72.4 cm³/mol. The van der Waals surface area contributed by atoms with Gasteiger partial charge in [-0.15, -0.1) is 0 Å². The highest BCUT2D eigenvalue weighted by atomic mass is 16.5. The number of hydrogen-bond donors (Lipinski definition) is 1. The number of hydrogen-bond acceptors (Lipinski definition) is 4. The summed E-state index contributed by atoms with van der Waals surface area (Å²) in [6.07, 6.45) is 2.61.